The molecule has 0 spiro atoms. The summed E-state index contributed by atoms with van der Waals surface area (Å²) in [6, 6.07) is 6.17. The number of benzene rings is 1. The highest BCUT2D eigenvalue weighted by molar-refractivity contribution is 5.79. The number of halogens is 1. The fourth-order valence-electron chi connectivity index (χ4n) is 3.30. The van der Waals surface area contributed by atoms with Crippen LogP contribution in [0.2, 0.25) is 0 Å². The predicted octanol–water partition coefficient (Wildman–Crippen LogP) is 1.43. The summed E-state index contributed by atoms with van der Waals surface area (Å²) < 4.78 is 13.2. The number of nitrogens with zero attached hydrogens (tertiary/aromatic N) is 2. The molecule has 1 aromatic carbocycles. The van der Waals surface area contributed by atoms with Gasteiger partial charge in [-0.25, -0.2) is 4.39 Å². The Bertz CT molecular complexity index is 610. The second-order valence-electron chi connectivity index (χ2n) is 7.06. The third kappa shape index (κ3) is 5.26. The number of amides is 2. The molecule has 2 aliphatic rings. The lowest BCUT2D eigenvalue weighted by Crippen LogP contribution is -2.51. The Morgan fingerprint density at radius 1 is 1.16 bits per heavy atom. The van der Waals surface area contributed by atoms with Crippen LogP contribution in [0.4, 0.5) is 4.39 Å². The summed E-state index contributed by atoms with van der Waals surface area (Å²) in [5.41, 5.74) is 0.697. The van der Waals surface area contributed by atoms with Crippen molar-refractivity contribution in [2.45, 2.75) is 25.7 Å². The topological polar surface area (TPSA) is 52.7 Å². The number of rotatable bonds is 6. The Morgan fingerprint density at radius 3 is 2.56 bits per heavy atom. The van der Waals surface area contributed by atoms with Crippen LogP contribution >= 0.6 is 0 Å². The van der Waals surface area contributed by atoms with Gasteiger partial charge in [-0.2, -0.15) is 0 Å². The van der Waals surface area contributed by atoms with Crippen molar-refractivity contribution in [1.82, 2.24) is 15.1 Å². The van der Waals surface area contributed by atoms with Crippen molar-refractivity contribution in [1.29, 1.82) is 0 Å². The first-order valence-electron chi connectivity index (χ1n) is 9.11. The van der Waals surface area contributed by atoms with Gasteiger partial charge in [-0.1, -0.05) is 18.6 Å². The molecule has 1 saturated carbocycles. The average molecular weight is 347 g/mol. The quantitative estimate of drug-likeness (QED) is 0.847. The molecule has 3 rings (SSSR count). The van der Waals surface area contributed by atoms with E-state index in [1.807, 2.05) is 0 Å². The molecule has 1 aliphatic carbocycles. The van der Waals surface area contributed by atoms with Crippen LogP contribution in [0.15, 0.2) is 24.3 Å². The maximum absolute atomic E-state index is 13.2. The molecule has 0 atom stereocenters. The van der Waals surface area contributed by atoms with Gasteiger partial charge in [0.05, 0.1) is 13.0 Å². The first-order valence-corrected chi connectivity index (χ1v) is 9.11. The Balaban J connectivity index is 1.37. The second-order valence-corrected chi connectivity index (χ2v) is 7.06. The van der Waals surface area contributed by atoms with E-state index in [9.17, 15) is 14.0 Å². The Hall–Kier alpha value is -1.95. The number of hydrogen-bond donors (Lipinski definition) is 1. The number of carbonyl (C=O) groups excluding carboxylic acids is 2. The predicted molar refractivity (Wildman–Crippen MR) is 93.5 cm³/mol. The van der Waals surface area contributed by atoms with Crippen molar-refractivity contribution in [3.63, 3.8) is 0 Å². The van der Waals surface area contributed by atoms with E-state index in [1.165, 1.54) is 31.4 Å². The van der Waals surface area contributed by atoms with Crippen LogP contribution in [0.3, 0.4) is 0 Å². The highest BCUT2D eigenvalue weighted by Gasteiger charge is 2.23. The second kappa shape index (κ2) is 8.43. The standard InChI is InChI=1S/C19H26FN3O2/c20-17-6-2-5-16(11-17)12-19(25)23-9-7-22(8-10-23)14-18(24)21-13-15-3-1-4-15/h2,5-6,11,15H,1,3-4,7-10,12-14H2,(H,21,24). The summed E-state index contributed by atoms with van der Waals surface area (Å²) in [4.78, 5) is 28.2. The molecule has 6 heteroatoms. The van der Waals surface area contributed by atoms with E-state index in [1.54, 1.807) is 17.0 Å². The van der Waals surface area contributed by atoms with E-state index in [0.29, 0.717) is 44.2 Å². The van der Waals surface area contributed by atoms with Crippen molar-refractivity contribution in [2.75, 3.05) is 39.3 Å². The van der Waals surface area contributed by atoms with Crippen LogP contribution in [-0.2, 0) is 16.0 Å². The van der Waals surface area contributed by atoms with Gasteiger partial charge in [0.2, 0.25) is 11.8 Å². The highest BCUT2D eigenvalue weighted by Crippen LogP contribution is 2.25. The van der Waals surface area contributed by atoms with E-state index in [-0.39, 0.29) is 24.1 Å². The lowest BCUT2D eigenvalue weighted by atomic mass is 9.85. The molecule has 2 amide bonds. The first kappa shape index (κ1) is 17.9. The van der Waals surface area contributed by atoms with Gasteiger partial charge in [-0.3, -0.25) is 14.5 Å². The summed E-state index contributed by atoms with van der Waals surface area (Å²) in [5.74, 6) is 0.440. The summed E-state index contributed by atoms with van der Waals surface area (Å²) >= 11 is 0. The fourth-order valence-corrected chi connectivity index (χ4v) is 3.30. The van der Waals surface area contributed by atoms with Gasteiger partial charge in [0, 0.05) is 32.7 Å². The summed E-state index contributed by atoms with van der Waals surface area (Å²) in [6.07, 6.45) is 3.96. The number of nitrogens with one attached hydrogen (secondary N) is 1. The Labute approximate surface area is 148 Å². The van der Waals surface area contributed by atoms with Crippen molar-refractivity contribution in [3.05, 3.63) is 35.6 Å². The number of piperazine rings is 1. The lowest BCUT2D eigenvalue weighted by molar-refractivity contribution is -0.132. The third-order valence-electron chi connectivity index (χ3n) is 5.15. The molecule has 1 heterocycles. The minimum Gasteiger partial charge on any atom is -0.355 e. The molecular formula is C19H26FN3O2. The van der Waals surface area contributed by atoms with Crippen LogP contribution < -0.4 is 5.32 Å². The largest absolute Gasteiger partial charge is 0.355 e. The summed E-state index contributed by atoms with van der Waals surface area (Å²) in [6.45, 7) is 3.83. The molecule has 1 N–H and O–H groups in total. The molecule has 136 valence electrons. The fraction of sp³-hybridized carbons (Fsp3) is 0.579. The molecule has 0 aromatic heterocycles. The molecular weight excluding hydrogens is 321 g/mol. The normalized spacial score (nSPS) is 18.7. The highest BCUT2D eigenvalue weighted by atomic mass is 19.1. The zero-order valence-corrected chi connectivity index (χ0v) is 14.5. The smallest absolute Gasteiger partial charge is 0.234 e. The van der Waals surface area contributed by atoms with E-state index < -0.39 is 0 Å². The monoisotopic (exact) mass is 347 g/mol. The average Bonchev–Trinajstić information content (AvgIpc) is 2.54. The van der Waals surface area contributed by atoms with Crippen LogP contribution in [-0.4, -0.2) is 60.9 Å². The van der Waals surface area contributed by atoms with Crippen LogP contribution in [0.25, 0.3) is 0 Å². The summed E-state index contributed by atoms with van der Waals surface area (Å²) in [7, 11) is 0. The number of hydrogen-bond acceptors (Lipinski definition) is 3. The lowest BCUT2D eigenvalue weighted by Gasteiger charge is -2.34. The van der Waals surface area contributed by atoms with Crippen molar-refractivity contribution >= 4 is 11.8 Å². The van der Waals surface area contributed by atoms with Gasteiger partial charge in [-0.15, -0.1) is 0 Å². The van der Waals surface area contributed by atoms with Crippen LogP contribution in [0.1, 0.15) is 24.8 Å². The molecule has 0 radical (unpaired) electrons. The molecule has 1 aromatic rings. The Morgan fingerprint density at radius 2 is 1.92 bits per heavy atom. The molecule has 1 saturated heterocycles. The summed E-state index contributed by atoms with van der Waals surface area (Å²) in [5, 5.41) is 3.01. The molecule has 25 heavy (non-hydrogen) atoms. The third-order valence-corrected chi connectivity index (χ3v) is 5.15. The van der Waals surface area contributed by atoms with Gasteiger partial charge >= 0.3 is 0 Å². The van der Waals surface area contributed by atoms with Crippen molar-refractivity contribution in [3.8, 4) is 0 Å². The maximum Gasteiger partial charge on any atom is 0.234 e. The minimum atomic E-state index is -0.317. The van der Waals surface area contributed by atoms with Crippen molar-refractivity contribution in [2.24, 2.45) is 5.92 Å². The van der Waals surface area contributed by atoms with E-state index in [4.69, 9.17) is 0 Å². The zero-order valence-electron chi connectivity index (χ0n) is 14.5. The molecule has 5 nitrogen and oxygen atoms in total. The number of carbonyl (C=O) groups is 2. The molecule has 0 unspecified atom stereocenters. The van der Waals surface area contributed by atoms with Crippen LogP contribution in [0.5, 0.6) is 0 Å². The van der Waals surface area contributed by atoms with Gasteiger partial charge in [0.15, 0.2) is 0 Å². The maximum atomic E-state index is 13.2. The van der Waals surface area contributed by atoms with Gasteiger partial charge in [0.1, 0.15) is 5.82 Å². The molecule has 0 bridgehead atoms. The Kier molecular flexibility index (Phi) is 6.02. The van der Waals surface area contributed by atoms with E-state index in [2.05, 4.69) is 10.2 Å². The van der Waals surface area contributed by atoms with Gasteiger partial charge < -0.3 is 10.2 Å². The SMILES string of the molecule is O=C(CN1CCN(C(=O)Cc2cccc(F)c2)CC1)NCC1CCC1. The van der Waals surface area contributed by atoms with E-state index >= 15 is 0 Å². The molecule has 2 fully saturated rings. The van der Waals surface area contributed by atoms with Gasteiger partial charge in [0.25, 0.3) is 0 Å². The zero-order chi connectivity index (χ0) is 17.6. The van der Waals surface area contributed by atoms with Gasteiger partial charge in [-0.05, 0) is 36.5 Å². The van der Waals surface area contributed by atoms with Crippen LogP contribution in [0, 0.1) is 11.7 Å². The van der Waals surface area contributed by atoms with E-state index in [0.717, 1.165) is 6.54 Å². The molecule has 1 aliphatic heterocycles. The minimum absolute atomic E-state index is 0.0136. The first-order chi connectivity index (χ1) is 12.1. The van der Waals surface area contributed by atoms with Crippen molar-refractivity contribution < 1.29 is 14.0 Å².